The minimum Gasteiger partial charge on any atom is -0.472 e. The van der Waals surface area contributed by atoms with E-state index >= 15 is 0 Å². The molecule has 1 fully saturated rings. The maximum atomic E-state index is 12.5. The van der Waals surface area contributed by atoms with E-state index in [4.69, 9.17) is 9.47 Å². The summed E-state index contributed by atoms with van der Waals surface area (Å²) in [6.07, 6.45) is 3.75. The maximum absolute atomic E-state index is 12.5. The Morgan fingerprint density at radius 1 is 1.21 bits per heavy atom. The fourth-order valence-corrected chi connectivity index (χ4v) is 3.33. The van der Waals surface area contributed by atoms with E-state index in [-0.39, 0.29) is 36.6 Å². The van der Waals surface area contributed by atoms with Gasteiger partial charge in [0.25, 0.3) is 5.56 Å². The van der Waals surface area contributed by atoms with Crippen molar-refractivity contribution in [2.45, 2.75) is 31.5 Å². The SMILES string of the molecule is O=C(CCn1cnc2ccccc2c1=O)N[C@@H]1COCC[C@H]1Oc1ccccn1. The second-order valence-electron chi connectivity index (χ2n) is 6.87. The van der Waals surface area contributed by atoms with Gasteiger partial charge in [0.15, 0.2) is 0 Å². The minimum atomic E-state index is -0.273. The highest BCUT2D eigenvalue weighted by atomic mass is 16.5. The van der Waals surface area contributed by atoms with Crippen LogP contribution in [0.5, 0.6) is 5.88 Å². The molecule has 0 saturated carbocycles. The Labute approximate surface area is 167 Å². The molecular weight excluding hydrogens is 372 g/mol. The number of nitrogens with zero attached hydrogens (tertiary/aromatic N) is 3. The monoisotopic (exact) mass is 394 g/mol. The summed E-state index contributed by atoms with van der Waals surface area (Å²) in [4.78, 5) is 33.5. The Morgan fingerprint density at radius 3 is 2.93 bits per heavy atom. The van der Waals surface area contributed by atoms with Crippen molar-refractivity contribution in [3.8, 4) is 5.88 Å². The van der Waals surface area contributed by atoms with E-state index in [1.165, 1.54) is 10.9 Å². The van der Waals surface area contributed by atoms with E-state index in [0.717, 1.165) is 0 Å². The number of hydrogen-bond donors (Lipinski definition) is 1. The van der Waals surface area contributed by atoms with Crippen LogP contribution in [-0.4, -0.2) is 45.8 Å². The summed E-state index contributed by atoms with van der Waals surface area (Å²) in [6.45, 7) is 1.20. The van der Waals surface area contributed by atoms with E-state index in [1.807, 2.05) is 18.2 Å². The molecule has 0 aliphatic carbocycles. The predicted octanol–water partition coefficient (Wildman–Crippen LogP) is 1.53. The van der Waals surface area contributed by atoms with Gasteiger partial charge in [0.1, 0.15) is 6.10 Å². The number of nitrogens with one attached hydrogen (secondary N) is 1. The molecule has 2 atom stereocenters. The lowest BCUT2D eigenvalue weighted by molar-refractivity contribution is -0.124. The van der Waals surface area contributed by atoms with Crippen LogP contribution in [0.25, 0.3) is 10.9 Å². The van der Waals surface area contributed by atoms with Crippen LogP contribution in [0.3, 0.4) is 0 Å². The molecule has 3 heterocycles. The summed E-state index contributed by atoms with van der Waals surface area (Å²) in [5.41, 5.74) is 0.493. The van der Waals surface area contributed by atoms with E-state index in [1.54, 1.807) is 30.5 Å². The van der Waals surface area contributed by atoms with Crippen LogP contribution in [0.2, 0.25) is 0 Å². The van der Waals surface area contributed by atoms with Gasteiger partial charge in [0.2, 0.25) is 11.8 Å². The van der Waals surface area contributed by atoms with Gasteiger partial charge in [-0.05, 0) is 18.2 Å². The average molecular weight is 394 g/mol. The van der Waals surface area contributed by atoms with Crippen molar-refractivity contribution < 1.29 is 14.3 Å². The molecule has 8 nitrogen and oxygen atoms in total. The zero-order chi connectivity index (χ0) is 20.1. The zero-order valence-electron chi connectivity index (χ0n) is 15.9. The lowest BCUT2D eigenvalue weighted by Gasteiger charge is -2.32. The van der Waals surface area contributed by atoms with E-state index in [2.05, 4.69) is 15.3 Å². The fourth-order valence-electron chi connectivity index (χ4n) is 3.33. The van der Waals surface area contributed by atoms with Crippen molar-refractivity contribution >= 4 is 16.8 Å². The predicted molar refractivity (Wildman–Crippen MR) is 107 cm³/mol. The summed E-state index contributed by atoms with van der Waals surface area (Å²) in [5, 5.41) is 3.51. The third-order valence-corrected chi connectivity index (χ3v) is 4.86. The number of hydrogen-bond acceptors (Lipinski definition) is 6. The third-order valence-electron chi connectivity index (χ3n) is 4.86. The molecule has 0 spiro atoms. The van der Waals surface area contributed by atoms with Crippen LogP contribution in [0.15, 0.2) is 59.8 Å². The highest BCUT2D eigenvalue weighted by molar-refractivity contribution is 5.77. The van der Waals surface area contributed by atoms with Crippen LogP contribution in [0, 0.1) is 0 Å². The second kappa shape index (κ2) is 8.83. The van der Waals surface area contributed by atoms with E-state index in [0.29, 0.717) is 36.4 Å². The molecule has 1 amide bonds. The lowest BCUT2D eigenvalue weighted by Crippen LogP contribution is -2.52. The highest BCUT2D eigenvalue weighted by Crippen LogP contribution is 2.16. The Bertz CT molecular complexity index is 1040. The fraction of sp³-hybridized carbons (Fsp3) is 0.333. The molecule has 0 radical (unpaired) electrons. The second-order valence-corrected chi connectivity index (χ2v) is 6.87. The number of carbonyl (C=O) groups excluding carboxylic acids is 1. The number of pyridine rings is 1. The van der Waals surface area contributed by atoms with Crippen LogP contribution >= 0.6 is 0 Å². The van der Waals surface area contributed by atoms with Crippen LogP contribution < -0.4 is 15.6 Å². The largest absolute Gasteiger partial charge is 0.472 e. The molecule has 1 aromatic carbocycles. The number of amides is 1. The first-order valence-corrected chi connectivity index (χ1v) is 9.60. The van der Waals surface area contributed by atoms with Gasteiger partial charge in [-0.25, -0.2) is 9.97 Å². The van der Waals surface area contributed by atoms with Crippen molar-refractivity contribution in [1.29, 1.82) is 0 Å². The first-order chi connectivity index (χ1) is 14.2. The lowest BCUT2D eigenvalue weighted by atomic mass is 10.1. The van der Waals surface area contributed by atoms with Crippen LogP contribution in [0.1, 0.15) is 12.8 Å². The number of ether oxygens (including phenoxy) is 2. The van der Waals surface area contributed by atoms with E-state index in [9.17, 15) is 9.59 Å². The topological polar surface area (TPSA) is 95.3 Å². The molecule has 2 aromatic heterocycles. The van der Waals surface area contributed by atoms with Gasteiger partial charge in [-0.15, -0.1) is 0 Å². The summed E-state index contributed by atoms with van der Waals surface area (Å²) < 4.78 is 12.9. The van der Waals surface area contributed by atoms with Crippen LogP contribution in [0.4, 0.5) is 0 Å². The summed E-state index contributed by atoms with van der Waals surface area (Å²) in [6, 6.07) is 12.3. The number of carbonyl (C=O) groups is 1. The highest BCUT2D eigenvalue weighted by Gasteiger charge is 2.29. The zero-order valence-corrected chi connectivity index (χ0v) is 15.9. The smallest absolute Gasteiger partial charge is 0.261 e. The Morgan fingerprint density at radius 2 is 2.07 bits per heavy atom. The van der Waals surface area contributed by atoms with Gasteiger partial charge in [0.05, 0.1) is 36.5 Å². The van der Waals surface area contributed by atoms with Gasteiger partial charge in [-0.2, -0.15) is 0 Å². The number of aromatic nitrogens is 3. The van der Waals surface area contributed by atoms with Gasteiger partial charge in [-0.1, -0.05) is 18.2 Å². The molecular formula is C21H22N4O4. The van der Waals surface area contributed by atoms with Gasteiger partial charge in [-0.3, -0.25) is 14.2 Å². The average Bonchev–Trinajstić information content (AvgIpc) is 2.76. The Kier molecular flexibility index (Phi) is 5.81. The molecule has 1 aliphatic rings. The van der Waals surface area contributed by atoms with E-state index < -0.39 is 0 Å². The molecule has 0 bridgehead atoms. The van der Waals surface area contributed by atoms with Crippen molar-refractivity contribution in [1.82, 2.24) is 19.9 Å². The third kappa shape index (κ3) is 4.60. The van der Waals surface area contributed by atoms with Crippen molar-refractivity contribution in [3.05, 3.63) is 65.3 Å². The van der Waals surface area contributed by atoms with Crippen molar-refractivity contribution in [3.63, 3.8) is 0 Å². The normalized spacial score (nSPS) is 19.0. The molecule has 150 valence electrons. The molecule has 8 heteroatoms. The molecule has 1 N–H and O–H groups in total. The molecule has 3 aromatic rings. The molecule has 1 saturated heterocycles. The minimum absolute atomic E-state index is 0.152. The summed E-state index contributed by atoms with van der Waals surface area (Å²) >= 11 is 0. The number of para-hydroxylation sites is 1. The first-order valence-electron chi connectivity index (χ1n) is 9.60. The number of benzene rings is 1. The van der Waals surface area contributed by atoms with Crippen molar-refractivity contribution in [2.75, 3.05) is 13.2 Å². The molecule has 1 aliphatic heterocycles. The molecule has 0 unspecified atom stereocenters. The number of aryl methyl sites for hydroxylation is 1. The Hall–Kier alpha value is -3.26. The van der Waals surface area contributed by atoms with Crippen molar-refractivity contribution in [2.24, 2.45) is 0 Å². The van der Waals surface area contributed by atoms with Gasteiger partial charge < -0.3 is 14.8 Å². The summed E-state index contributed by atoms with van der Waals surface area (Å²) in [5.74, 6) is 0.350. The maximum Gasteiger partial charge on any atom is 0.261 e. The van der Waals surface area contributed by atoms with Gasteiger partial charge >= 0.3 is 0 Å². The standard InChI is InChI=1S/C21H22N4O4/c26-19(8-11-25-14-23-16-6-2-1-5-15(16)21(25)27)24-17-13-28-12-9-18(17)29-20-7-3-4-10-22-20/h1-7,10,14,17-18H,8-9,11-13H2,(H,24,26)/t17-,18-/m1/s1. The quantitative estimate of drug-likeness (QED) is 0.681. The first kappa shape index (κ1) is 19.1. The molecule has 29 heavy (non-hydrogen) atoms. The molecule has 4 rings (SSSR count). The number of fused-ring (bicyclic) bond motifs is 1. The van der Waals surface area contributed by atoms with Gasteiger partial charge in [0, 0.05) is 31.6 Å². The summed E-state index contributed by atoms with van der Waals surface area (Å²) in [7, 11) is 0. The van der Waals surface area contributed by atoms with Crippen LogP contribution in [-0.2, 0) is 16.1 Å². The number of rotatable bonds is 6. The Balaban J connectivity index is 1.37.